The lowest BCUT2D eigenvalue weighted by atomic mass is 10.4. The fourth-order valence-corrected chi connectivity index (χ4v) is 0.599. The maximum absolute atomic E-state index is 12.5. The molecule has 1 N–H and O–H groups in total. The summed E-state index contributed by atoms with van der Waals surface area (Å²) in [4.78, 5) is 12.7. The third-order valence-corrected chi connectivity index (χ3v) is 1.08. The van der Waals surface area contributed by atoms with Crippen LogP contribution in [0.2, 0.25) is 0 Å². The van der Waals surface area contributed by atoms with Gasteiger partial charge in [-0.15, -0.1) is 0 Å². The van der Waals surface area contributed by atoms with Crippen LogP contribution in [0.5, 0.6) is 5.75 Å². The van der Waals surface area contributed by atoms with E-state index in [1.54, 1.807) is 0 Å². The van der Waals surface area contributed by atoms with E-state index in [1.807, 2.05) is 0 Å². The quantitative estimate of drug-likeness (QED) is 0.622. The molecule has 0 atom stereocenters. The fraction of sp³-hybridized carbons (Fsp3) is 0.167. The van der Waals surface area contributed by atoms with Gasteiger partial charge < -0.3 is 9.72 Å². The van der Waals surface area contributed by atoms with E-state index in [9.17, 15) is 9.18 Å². The van der Waals surface area contributed by atoms with Crippen LogP contribution >= 0.6 is 0 Å². The third-order valence-electron chi connectivity index (χ3n) is 1.08. The molecule has 0 unspecified atom stereocenters. The van der Waals surface area contributed by atoms with Crippen LogP contribution in [0.3, 0.4) is 0 Å². The fourth-order valence-electron chi connectivity index (χ4n) is 0.599. The molecule has 0 bridgehead atoms. The van der Waals surface area contributed by atoms with Crippen LogP contribution in [0.1, 0.15) is 0 Å². The predicted octanol–water partition coefficient (Wildman–Crippen LogP) is 0.523. The summed E-state index contributed by atoms with van der Waals surface area (Å²) in [5, 5.41) is 0. The second-order valence-corrected chi connectivity index (χ2v) is 1.69. The van der Waals surface area contributed by atoms with Crippen molar-refractivity contribution in [1.82, 2.24) is 4.98 Å². The van der Waals surface area contributed by atoms with Gasteiger partial charge in [0, 0.05) is 6.20 Å². The molecule has 0 radical (unpaired) electrons. The van der Waals surface area contributed by atoms with Gasteiger partial charge in [-0.2, -0.15) is 4.39 Å². The normalized spacial score (nSPS) is 9.40. The van der Waals surface area contributed by atoms with Crippen molar-refractivity contribution in [2.75, 3.05) is 7.11 Å². The van der Waals surface area contributed by atoms with Crippen molar-refractivity contribution < 1.29 is 9.13 Å². The number of pyridine rings is 1. The number of aromatic amines is 1. The van der Waals surface area contributed by atoms with Crippen molar-refractivity contribution >= 4 is 0 Å². The largest absolute Gasteiger partial charge is 0.493 e. The van der Waals surface area contributed by atoms with Crippen LogP contribution in [0.25, 0.3) is 0 Å². The average molecular weight is 143 g/mol. The highest BCUT2D eigenvalue weighted by atomic mass is 19.1. The van der Waals surface area contributed by atoms with Crippen LogP contribution in [0, 0.1) is 5.82 Å². The minimum atomic E-state index is -0.884. The number of rotatable bonds is 1. The van der Waals surface area contributed by atoms with Crippen molar-refractivity contribution in [3.63, 3.8) is 0 Å². The monoisotopic (exact) mass is 143 g/mol. The molecule has 0 saturated heterocycles. The van der Waals surface area contributed by atoms with E-state index in [0.717, 1.165) is 0 Å². The van der Waals surface area contributed by atoms with E-state index in [4.69, 9.17) is 0 Å². The van der Waals surface area contributed by atoms with E-state index >= 15 is 0 Å². The van der Waals surface area contributed by atoms with Crippen LogP contribution in [-0.2, 0) is 0 Å². The van der Waals surface area contributed by atoms with Gasteiger partial charge in [0.1, 0.15) is 0 Å². The molecular weight excluding hydrogens is 137 g/mol. The Labute approximate surface area is 56.5 Å². The SMILES string of the molecule is COc1cc[nH]c(=O)c1F. The maximum Gasteiger partial charge on any atom is 0.287 e. The molecule has 0 aromatic carbocycles. The molecule has 4 heteroatoms. The van der Waals surface area contributed by atoms with Gasteiger partial charge in [-0.25, -0.2) is 0 Å². The zero-order valence-corrected chi connectivity index (χ0v) is 5.35. The summed E-state index contributed by atoms with van der Waals surface area (Å²) in [7, 11) is 1.30. The molecule has 3 nitrogen and oxygen atoms in total. The van der Waals surface area contributed by atoms with Crippen molar-refractivity contribution in [2.45, 2.75) is 0 Å². The van der Waals surface area contributed by atoms with Gasteiger partial charge in [0.25, 0.3) is 5.56 Å². The lowest BCUT2D eigenvalue weighted by Crippen LogP contribution is -2.10. The smallest absolute Gasteiger partial charge is 0.287 e. The topological polar surface area (TPSA) is 42.1 Å². The molecule has 0 spiro atoms. The molecule has 0 aliphatic carbocycles. The first-order valence-electron chi connectivity index (χ1n) is 2.67. The molecule has 1 aromatic heterocycles. The summed E-state index contributed by atoms with van der Waals surface area (Å²) < 4.78 is 17.1. The molecule has 0 saturated carbocycles. The molecule has 0 aliphatic heterocycles. The van der Waals surface area contributed by atoms with E-state index in [0.29, 0.717) is 0 Å². The third kappa shape index (κ3) is 1.00. The van der Waals surface area contributed by atoms with Gasteiger partial charge in [0.15, 0.2) is 5.75 Å². The molecule has 1 aromatic rings. The first-order valence-corrected chi connectivity index (χ1v) is 2.67. The van der Waals surface area contributed by atoms with Crippen LogP contribution < -0.4 is 10.3 Å². The molecule has 10 heavy (non-hydrogen) atoms. The van der Waals surface area contributed by atoms with Gasteiger partial charge >= 0.3 is 0 Å². The number of hydrogen-bond donors (Lipinski definition) is 1. The Kier molecular flexibility index (Phi) is 1.71. The standard InChI is InChI=1S/C6H6FNO2/c1-10-4-2-3-8-6(9)5(4)7/h2-3H,1H3,(H,8,9). The number of H-pyrrole nitrogens is 1. The summed E-state index contributed by atoms with van der Waals surface area (Å²) in [6.07, 6.45) is 1.32. The first-order chi connectivity index (χ1) is 4.75. The lowest BCUT2D eigenvalue weighted by Gasteiger charge is -1.97. The molecule has 0 aliphatic rings. The zero-order valence-electron chi connectivity index (χ0n) is 5.35. The van der Waals surface area contributed by atoms with Crippen LogP contribution in [0.15, 0.2) is 17.1 Å². The molecule has 0 amide bonds. The van der Waals surface area contributed by atoms with E-state index < -0.39 is 11.4 Å². The number of hydrogen-bond acceptors (Lipinski definition) is 2. The Morgan fingerprint density at radius 2 is 2.40 bits per heavy atom. The van der Waals surface area contributed by atoms with Crippen LogP contribution in [0.4, 0.5) is 4.39 Å². The maximum atomic E-state index is 12.5. The Balaban J connectivity index is 3.28. The summed E-state index contributed by atoms with van der Waals surface area (Å²) >= 11 is 0. The second-order valence-electron chi connectivity index (χ2n) is 1.69. The van der Waals surface area contributed by atoms with E-state index in [2.05, 4.69) is 9.72 Å². The van der Waals surface area contributed by atoms with Gasteiger partial charge in [0.05, 0.1) is 7.11 Å². The predicted molar refractivity (Wildman–Crippen MR) is 33.6 cm³/mol. The van der Waals surface area contributed by atoms with E-state index in [-0.39, 0.29) is 5.75 Å². The Morgan fingerprint density at radius 3 is 2.90 bits per heavy atom. The van der Waals surface area contributed by atoms with Crippen molar-refractivity contribution in [3.05, 3.63) is 28.4 Å². The lowest BCUT2D eigenvalue weighted by molar-refractivity contribution is 0.383. The van der Waals surface area contributed by atoms with Crippen molar-refractivity contribution in [3.8, 4) is 5.75 Å². The summed E-state index contributed by atoms with van der Waals surface area (Å²) in [5.74, 6) is -0.922. The molecule has 54 valence electrons. The highest BCUT2D eigenvalue weighted by Gasteiger charge is 2.03. The second kappa shape index (κ2) is 2.51. The number of nitrogens with one attached hydrogen (secondary N) is 1. The minimum absolute atomic E-state index is 0.0382. The van der Waals surface area contributed by atoms with Crippen molar-refractivity contribution in [1.29, 1.82) is 0 Å². The van der Waals surface area contributed by atoms with Crippen molar-refractivity contribution in [2.24, 2.45) is 0 Å². The van der Waals surface area contributed by atoms with Gasteiger partial charge in [0.2, 0.25) is 5.82 Å². The highest BCUT2D eigenvalue weighted by molar-refractivity contribution is 5.19. The van der Waals surface area contributed by atoms with Gasteiger partial charge in [-0.3, -0.25) is 4.79 Å². The molecular formula is C6H6FNO2. The summed E-state index contributed by atoms with van der Waals surface area (Å²) in [5.41, 5.74) is -0.764. The van der Waals surface area contributed by atoms with Gasteiger partial charge in [-0.1, -0.05) is 0 Å². The Bertz CT molecular complexity index is 281. The molecule has 1 heterocycles. The van der Waals surface area contributed by atoms with Crippen LogP contribution in [-0.4, -0.2) is 12.1 Å². The van der Waals surface area contributed by atoms with Gasteiger partial charge in [-0.05, 0) is 6.07 Å². The minimum Gasteiger partial charge on any atom is -0.493 e. The number of halogens is 1. The Morgan fingerprint density at radius 1 is 1.70 bits per heavy atom. The number of aromatic nitrogens is 1. The zero-order chi connectivity index (χ0) is 7.56. The average Bonchev–Trinajstić information content (AvgIpc) is 1.95. The summed E-state index contributed by atoms with van der Waals surface area (Å²) in [6, 6.07) is 1.34. The van der Waals surface area contributed by atoms with E-state index in [1.165, 1.54) is 19.4 Å². The number of ether oxygens (including phenoxy) is 1. The highest BCUT2D eigenvalue weighted by Crippen LogP contribution is 2.08. The number of methoxy groups -OCH3 is 1. The molecule has 0 fully saturated rings. The Hall–Kier alpha value is -1.32. The summed E-state index contributed by atoms with van der Waals surface area (Å²) in [6.45, 7) is 0. The molecule has 1 rings (SSSR count). The first kappa shape index (κ1) is 6.80.